The zero-order chi connectivity index (χ0) is 22.5. The Balaban J connectivity index is 1.68. The first kappa shape index (κ1) is 21.9. The summed E-state index contributed by atoms with van der Waals surface area (Å²) in [7, 11) is -1.65. The van der Waals surface area contributed by atoms with Gasteiger partial charge in [0, 0.05) is 38.3 Å². The van der Waals surface area contributed by atoms with E-state index in [1.54, 1.807) is 4.90 Å². The number of likely N-dealkylation sites (N-methyl/N-ethyl adjacent to an activating group) is 1. The monoisotopic (exact) mass is 459 g/mol. The summed E-state index contributed by atoms with van der Waals surface area (Å²) < 4.78 is 66.6. The third-order valence-corrected chi connectivity index (χ3v) is 7.82. The number of alkyl halides is 1. The third-order valence-electron chi connectivity index (χ3n) is 6.07. The lowest BCUT2D eigenvalue weighted by Crippen LogP contribution is -2.50. The van der Waals surface area contributed by atoms with Gasteiger partial charge in [-0.1, -0.05) is 0 Å². The number of aromatic nitrogens is 2. The molecule has 0 bridgehead atoms. The van der Waals surface area contributed by atoms with Gasteiger partial charge in [-0.15, -0.1) is 0 Å². The molecule has 1 unspecified atom stereocenters. The van der Waals surface area contributed by atoms with Gasteiger partial charge >= 0.3 is 0 Å². The highest BCUT2D eigenvalue weighted by molar-refractivity contribution is 7.91. The van der Waals surface area contributed by atoms with Gasteiger partial charge in [0.15, 0.2) is 21.5 Å². The molecule has 2 fully saturated rings. The summed E-state index contributed by atoms with van der Waals surface area (Å²) in [5, 5.41) is 0. The average molecular weight is 459 g/mol. The maximum atomic E-state index is 14.0. The van der Waals surface area contributed by atoms with E-state index in [2.05, 4.69) is 4.98 Å². The van der Waals surface area contributed by atoms with E-state index in [0.29, 0.717) is 6.42 Å². The number of hydrogen-bond donors (Lipinski definition) is 1. The second-order valence-electron chi connectivity index (χ2n) is 8.23. The molecule has 8 nitrogen and oxygen atoms in total. The number of nitrogens with two attached hydrogens (primary N) is 1. The summed E-state index contributed by atoms with van der Waals surface area (Å²) >= 11 is 0. The number of anilines is 1. The Kier molecular flexibility index (Phi) is 5.63. The van der Waals surface area contributed by atoms with Crippen molar-refractivity contribution in [1.29, 1.82) is 0 Å². The highest BCUT2D eigenvalue weighted by Crippen LogP contribution is 2.28. The molecule has 2 aromatic rings. The average Bonchev–Trinajstić information content (AvgIpc) is 3.24. The first-order valence-corrected chi connectivity index (χ1v) is 11.8. The SMILES string of the molecule is CN(C(=O)Cn1c(N2CC[C@@H](F)[C@H](N)C2)nc2cc(F)c(F)cc21)C1CCS(=O)(=O)C1. The molecule has 31 heavy (non-hydrogen) atoms. The van der Waals surface area contributed by atoms with E-state index in [4.69, 9.17) is 5.73 Å². The predicted molar refractivity (Wildman–Crippen MR) is 109 cm³/mol. The van der Waals surface area contributed by atoms with E-state index >= 15 is 0 Å². The molecule has 2 aliphatic rings. The first-order valence-electron chi connectivity index (χ1n) is 10.0. The molecule has 4 rings (SSSR count). The molecule has 1 amide bonds. The van der Waals surface area contributed by atoms with Gasteiger partial charge in [-0.2, -0.15) is 0 Å². The van der Waals surface area contributed by atoms with Crippen molar-refractivity contribution in [1.82, 2.24) is 14.5 Å². The zero-order valence-electron chi connectivity index (χ0n) is 17.0. The summed E-state index contributed by atoms with van der Waals surface area (Å²) in [6.07, 6.45) is -0.650. The fourth-order valence-corrected chi connectivity index (χ4v) is 5.95. The number of sulfone groups is 1. The van der Waals surface area contributed by atoms with E-state index < -0.39 is 45.6 Å². The Morgan fingerprint density at radius 1 is 1.29 bits per heavy atom. The van der Waals surface area contributed by atoms with Gasteiger partial charge in [0.2, 0.25) is 11.9 Å². The number of piperidine rings is 1. The minimum absolute atomic E-state index is 0.0229. The van der Waals surface area contributed by atoms with Gasteiger partial charge < -0.3 is 20.1 Å². The number of benzene rings is 1. The molecule has 0 saturated carbocycles. The quantitative estimate of drug-likeness (QED) is 0.727. The minimum atomic E-state index is -3.18. The molecular weight excluding hydrogens is 435 g/mol. The Hall–Kier alpha value is -2.34. The molecule has 1 aromatic heterocycles. The van der Waals surface area contributed by atoms with Crippen molar-refractivity contribution in [3.8, 4) is 0 Å². The number of halogens is 3. The normalized spacial score (nSPS) is 25.8. The van der Waals surface area contributed by atoms with Crippen molar-refractivity contribution in [3.05, 3.63) is 23.8 Å². The maximum Gasteiger partial charge on any atom is 0.242 e. The van der Waals surface area contributed by atoms with E-state index in [0.717, 1.165) is 12.1 Å². The lowest BCUT2D eigenvalue weighted by Gasteiger charge is -2.34. The molecule has 1 aromatic carbocycles. The van der Waals surface area contributed by atoms with E-state index in [1.165, 1.54) is 16.5 Å². The van der Waals surface area contributed by atoms with Crippen LogP contribution in [0, 0.1) is 11.6 Å². The molecule has 170 valence electrons. The molecule has 0 aliphatic carbocycles. The number of hydrogen-bond acceptors (Lipinski definition) is 6. The van der Waals surface area contributed by atoms with Crippen molar-refractivity contribution in [2.75, 3.05) is 36.5 Å². The fourth-order valence-electron chi connectivity index (χ4n) is 4.17. The second-order valence-corrected chi connectivity index (χ2v) is 10.5. The fraction of sp³-hybridized carbons (Fsp3) is 0.579. The van der Waals surface area contributed by atoms with Crippen LogP contribution in [-0.2, 0) is 21.2 Å². The zero-order valence-corrected chi connectivity index (χ0v) is 17.8. The lowest BCUT2D eigenvalue weighted by molar-refractivity contribution is -0.132. The highest BCUT2D eigenvalue weighted by atomic mass is 32.2. The number of rotatable bonds is 4. The van der Waals surface area contributed by atoms with Crippen LogP contribution >= 0.6 is 0 Å². The summed E-state index contributed by atoms with van der Waals surface area (Å²) in [5.74, 6) is -2.36. The van der Waals surface area contributed by atoms with Crippen molar-refractivity contribution in [3.63, 3.8) is 0 Å². The van der Waals surface area contributed by atoms with Crippen LogP contribution < -0.4 is 10.6 Å². The largest absolute Gasteiger partial charge is 0.340 e. The Morgan fingerprint density at radius 3 is 2.65 bits per heavy atom. The highest BCUT2D eigenvalue weighted by Gasteiger charge is 2.34. The first-order chi connectivity index (χ1) is 14.6. The summed E-state index contributed by atoms with van der Waals surface area (Å²) in [6, 6.07) is 0.721. The summed E-state index contributed by atoms with van der Waals surface area (Å²) in [5.41, 5.74) is 6.22. The van der Waals surface area contributed by atoms with E-state index in [-0.39, 0.29) is 54.5 Å². The molecule has 2 saturated heterocycles. The van der Waals surface area contributed by atoms with Gasteiger partial charge in [0.25, 0.3) is 0 Å². The van der Waals surface area contributed by atoms with E-state index in [1.807, 2.05) is 0 Å². The Labute approximate surface area is 177 Å². The summed E-state index contributed by atoms with van der Waals surface area (Å²) in [4.78, 5) is 20.4. The van der Waals surface area contributed by atoms with Crippen LogP contribution in [0.15, 0.2) is 12.1 Å². The van der Waals surface area contributed by atoms with Gasteiger partial charge in [-0.05, 0) is 12.8 Å². The van der Waals surface area contributed by atoms with Crippen LogP contribution in [0.1, 0.15) is 12.8 Å². The topological polar surface area (TPSA) is 102 Å². The minimum Gasteiger partial charge on any atom is -0.340 e. The van der Waals surface area contributed by atoms with Gasteiger partial charge in [-0.3, -0.25) is 4.79 Å². The van der Waals surface area contributed by atoms with Crippen LogP contribution in [0.2, 0.25) is 0 Å². The molecular formula is C19H24F3N5O3S. The van der Waals surface area contributed by atoms with Crippen LogP contribution in [0.5, 0.6) is 0 Å². The standard InChI is InChI=1S/C19H24F3N5O3S/c1-25(11-3-5-31(29,30)10-11)18(28)9-27-17-7-14(22)13(21)6-16(17)24-19(27)26-4-2-12(20)15(23)8-26/h6-7,11-12,15H,2-5,8-10,23H2,1H3/t11?,12-,15-/m1/s1. The third kappa shape index (κ3) is 4.22. The van der Waals surface area contributed by atoms with Crippen LogP contribution in [0.4, 0.5) is 19.1 Å². The Morgan fingerprint density at radius 2 is 2.00 bits per heavy atom. The number of carbonyl (C=O) groups is 1. The molecule has 3 heterocycles. The maximum absolute atomic E-state index is 14.0. The molecule has 0 spiro atoms. The van der Waals surface area contributed by atoms with E-state index in [9.17, 15) is 26.4 Å². The molecule has 0 radical (unpaired) electrons. The summed E-state index contributed by atoms with van der Waals surface area (Å²) in [6.45, 7) is 0.170. The lowest BCUT2D eigenvalue weighted by atomic mass is 10.1. The van der Waals surface area contributed by atoms with Crippen LogP contribution in [0.3, 0.4) is 0 Å². The second kappa shape index (κ2) is 7.97. The van der Waals surface area contributed by atoms with Crippen molar-refractivity contribution in [2.24, 2.45) is 5.73 Å². The van der Waals surface area contributed by atoms with Crippen molar-refractivity contribution in [2.45, 2.75) is 37.6 Å². The predicted octanol–water partition coefficient (Wildman–Crippen LogP) is 0.835. The van der Waals surface area contributed by atoms with Crippen molar-refractivity contribution >= 4 is 32.7 Å². The number of carbonyl (C=O) groups excluding carboxylic acids is 1. The van der Waals surface area contributed by atoms with Crippen LogP contribution in [-0.4, -0.2) is 78.7 Å². The molecule has 2 aliphatic heterocycles. The van der Waals surface area contributed by atoms with Crippen LogP contribution in [0.25, 0.3) is 11.0 Å². The molecule has 3 atom stereocenters. The smallest absolute Gasteiger partial charge is 0.242 e. The Bertz CT molecular complexity index is 1120. The number of fused-ring (bicyclic) bond motifs is 1. The van der Waals surface area contributed by atoms with Gasteiger partial charge in [0.1, 0.15) is 12.7 Å². The van der Waals surface area contributed by atoms with Crippen molar-refractivity contribution < 1.29 is 26.4 Å². The van der Waals surface area contributed by atoms with Gasteiger partial charge in [-0.25, -0.2) is 26.6 Å². The molecule has 12 heteroatoms. The number of imidazole rings is 1. The number of nitrogens with zero attached hydrogens (tertiary/aromatic N) is 4. The number of amides is 1. The molecule has 2 N–H and O–H groups in total. The van der Waals surface area contributed by atoms with Gasteiger partial charge in [0.05, 0.1) is 28.6 Å².